The standard InChI is InChI=1S/C19H24N8/c1-25(2)18-8-7-17-22-23-19(27(17)24-18)14-9-11-26(12-10-14)16-6-5-15(20-21-16)13-3-4-13/h5-8,13-14H,3-4,9-12H2,1-2H3. The number of aromatic nitrogens is 6. The maximum atomic E-state index is 4.70. The molecule has 1 aliphatic heterocycles. The third-order valence-electron chi connectivity index (χ3n) is 5.58. The van der Waals surface area contributed by atoms with E-state index in [0.29, 0.717) is 11.8 Å². The summed E-state index contributed by atoms with van der Waals surface area (Å²) in [6.45, 7) is 1.90. The van der Waals surface area contributed by atoms with Crippen molar-refractivity contribution in [3.63, 3.8) is 0 Å². The van der Waals surface area contributed by atoms with Gasteiger partial charge < -0.3 is 9.80 Å². The van der Waals surface area contributed by atoms with Gasteiger partial charge in [0.1, 0.15) is 5.82 Å². The number of nitrogens with zero attached hydrogens (tertiary/aromatic N) is 8. The molecule has 2 fully saturated rings. The van der Waals surface area contributed by atoms with Gasteiger partial charge in [0.25, 0.3) is 0 Å². The molecule has 4 heterocycles. The van der Waals surface area contributed by atoms with Crippen LogP contribution in [-0.4, -0.2) is 57.2 Å². The van der Waals surface area contributed by atoms with Gasteiger partial charge in [-0.25, -0.2) is 0 Å². The minimum Gasteiger partial charge on any atom is -0.361 e. The number of rotatable bonds is 4. The second kappa shape index (κ2) is 6.44. The highest BCUT2D eigenvalue weighted by Gasteiger charge is 2.28. The molecule has 1 saturated carbocycles. The van der Waals surface area contributed by atoms with Gasteiger partial charge in [0.05, 0.1) is 5.69 Å². The molecule has 0 N–H and O–H groups in total. The van der Waals surface area contributed by atoms with Gasteiger partial charge in [-0.1, -0.05) is 0 Å². The molecule has 8 nitrogen and oxygen atoms in total. The van der Waals surface area contributed by atoms with E-state index in [0.717, 1.165) is 54.7 Å². The molecule has 3 aromatic rings. The summed E-state index contributed by atoms with van der Waals surface area (Å²) in [5.41, 5.74) is 1.95. The van der Waals surface area contributed by atoms with Crippen molar-refractivity contribution in [1.82, 2.24) is 30.0 Å². The highest BCUT2D eigenvalue weighted by atomic mass is 15.4. The molecule has 0 unspecified atom stereocenters. The van der Waals surface area contributed by atoms with Crippen LogP contribution in [-0.2, 0) is 0 Å². The first kappa shape index (κ1) is 16.4. The second-order valence-electron chi connectivity index (χ2n) is 7.77. The van der Waals surface area contributed by atoms with Crippen LogP contribution in [0.1, 0.15) is 49.0 Å². The van der Waals surface area contributed by atoms with Crippen LogP contribution < -0.4 is 9.80 Å². The normalized spacial score (nSPS) is 18.2. The summed E-state index contributed by atoms with van der Waals surface area (Å²) in [7, 11) is 3.98. The number of piperidine rings is 1. The van der Waals surface area contributed by atoms with Gasteiger partial charge in [0, 0.05) is 39.0 Å². The fourth-order valence-corrected chi connectivity index (χ4v) is 3.76. The predicted octanol–water partition coefficient (Wildman–Crippen LogP) is 2.24. The Morgan fingerprint density at radius 3 is 2.33 bits per heavy atom. The van der Waals surface area contributed by atoms with Crippen LogP contribution in [0.3, 0.4) is 0 Å². The van der Waals surface area contributed by atoms with Crippen molar-refractivity contribution in [2.45, 2.75) is 37.5 Å². The van der Waals surface area contributed by atoms with E-state index in [2.05, 4.69) is 37.4 Å². The van der Waals surface area contributed by atoms with Crippen LogP contribution in [0.4, 0.5) is 11.6 Å². The molecule has 2 aliphatic rings. The van der Waals surface area contributed by atoms with Gasteiger partial charge >= 0.3 is 0 Å². The van der Waals surface area contributed by atoms with E-state index in [4.69, 9.17) is 5.10 Å². The number of fused-ring (bicyclic) bond motifs is 1. The van der Waals surface area contributed by atoms with Crippen LogP contribution in [0, 0.1) is 0 Å². The van der Waals surface area contributed by atoms with Crippen LogP contribution >= 0.6 is 0 Å². The Bertz CT molecular complexity index is 936. The van der Waals surface area contributed by atoms with Crippen LogP contribution in [0.25, 0.3) is 5.65 Å². The molecule has 1 saturated heterocycles. The van der Waals surface area contributed by atoms with Crippen molar-refractivity contribution >= 4 is 17.3 Å². The first-order valence-electron chi connectivity index (χ1n) is 9.67. The number of hydrogen-bond acceptors (Lipinski definition) is 7. The summed E-state index contributed by atoms with van der Waals surface area (Å²) in [5, 5.41) is 22.3. The molecule has 5 rings (SSSR count). The fourth-order valence-electron chi connectivity index (χ4n) is 3.76. The average Bonchev–Trinajstić information content (AvgIpc) is 3.47. The van der Waals surface area contributed by atoms with Crippen molar-refractivity contribution in [2.75, 3.05) is 37.0 Å². The average molecular weight is 364 g/mol. The Morgan fingerprint density at radius 1 is 0.852 bits per heavy atom. The van der Waals surface area contributed by atoms with Gasteiger partial charge in [-0.05, 0) is 49.9 Å². The molecule has 0 amide bonds. The minimum atomic E-state index is 0.361. The van der Waals surface area contributed by atoms with E-state index in [1.165, 1.54) is 12.8 Å². The zero-order valence-electron chi connectivity index (χ0n) is 15.8. The Labute approximate surface area is 158 Å². The van der Waals surface area contributed by atoms with Crippen molar-refractivity contribution in [3.8, 4) is 0 Å². The minimum absolute atomic E-state index is 0.361. The predicted molar refractivity (Wildman–Crippen MR) is 103 cm³/mol. The number of anilines is 2. The summed E-state index contributed by atoms with van der Waals surface area (Å²) in [5.74, 6) is 3.87. The molecular weight excluding hydrogens is 340 g/mol. The molecule has 3 aromatic heterocycles. The van der Waals surface area contributed by atoms with E-state index >= 15 is 0 Å². The molecule has 27 heavy (non-hydrogen) atoms. The van der Waals surface area contributed by atoms with E-state index in [1.54, 1.807) is 0 Å². The highest BCUT2D eigenvalue weighted by molar-refractivity contribution is 5.45. The van der Waals surface area contributed by atoms with E-state index < -0.39 is 0 Å². The fraction of sp³-hybridized carbons (Fsp3) is 0.526. The van der Waals surface area contributed by atoms with E-state index in [9.17, 15) is 0 Å². The lowest BCUT2D eigenvalue weighted by atomic mass is 9.96. The monoisotopic (exact) mass is 364 g/mol. The molecule has 0 radical (unpaired) electrons. The van der Waals surface area contributed by atoms with Crippen molar-refractivity contribution in [1.29, 1.82) is 0 Å². The molecular formula is C19H24N8. The molecule has 8 heteroatoms. The molecule has 0 atom stereocenters. The lowest BCUT2D eigenvalue weighted by Crippen LogP contribution is -2.34. The quantitative estimate of drug-likeness (QED) is 0.703. The third-order valence-corrected chi connectivity index (χ3v) is 5.58. The van der Waals surface area contributed by atoms with Crippen molar-refractivity contribution in [3.05, 3.63) is 35.8 Å². The largest absolute Gasteiger partial charge is 0.361 e. The molecule has 0 spiro atoms. The lowest BCUT2D eigenvalue weighted by molar-refractivity contribution is 0.474. The smallest absolute Gasteiger partial charge is 0.178 e. The first-order chi connectivity index (χ1) is 13.2. The summed E-state index contributed by atoms with van der Waals surface area (Å²) in [6.07, 6.45) is 4.55. The van der Waals surface area contributed by atoms with Gasteiger partial charge in [0.2, 0.25) is 0 Å². The zero-order valence-corrected chi connectivity index (χ0v) is 15.8. The second-order valence-corrected chi connectivity index (χ2v) is 7.77. The molecule has 1 aliphatic carbocycles. The van der Waals surface area contributed by atoms with Crippen molar-refractivity contribution in [2.24, 2.45) is 0 Å². The van der Waals surface area contributed by atoms with Crippen molar-refractivity contribution < 1.29 is 0 Å². The van der Waals surface area contributed by atoms with Crippen LogP contribution in [0.5, 0.6) is 0 Å². The molecule has 140 valence electrons. The SMILES string of the molecule is CN(C)c1ccc2nnc(C3CCN(c4ccc(C5CC5)nn4)CC3)n2n1. The van der Waals surface area contributed by atoms with E-state index in [1.807, 2.05) is 35.6 Å². The Morgan fingerprint density at radius 2 is 1.67 bits per heavy atom. The molecule has 0 bridgehead atoms. The van der Waals surface area contributed by atoms with Gasteiger partial charge in [-0.15, -0.1) is 20.4 Å². The Kier molecular flexibility index (Phi) is 3.91. The lowest BCUT2D eigenvalue weighted by Gasteiger charge is -2.31. The highest BCUT2D eigenvalue weighted by Crippen LogP contribution is 2.39. The van der Waals surface area contributed by atoms with E-state index in [-0.39, 0.29) is 0 Å². The Balaban J connectivity index is 1.31. The van der Waals surface area contributed by atoms with Gasteiger partial charge in [0.15, 0.2) is 17.3 Å². The first-order valence-corrected chi connectivity index (χ1v) is 9.67. The topological polar surface area (TPSA) is 75.3 Å². The third kappa shape index (κ3) is 3.09. The van der Waals surface area contributed by atoms with Gasteiger partial charge in [-0.2, -0.15) is 9.61 Å². The Hall–Kier alpha value is -2.77. The number of hydrogen-bond donors (Lipinski definition) is 0. The molecule has 0 aromatic carbocycles. The summed E-state index contributed by atoms with van der Waals surface area (Å²) in [4.78, 5) is 4.32. The van der Waals surface area contributed by atoms with Crippen LogP contribution in [0.15, 0.2) is 24.3 Å². The summed E-state index contributed by atoms with van der Waals surface area (Å²) in [6, 6.07) is 8.22. The van der Waals surface area contributed by atoms with Crippen LogP contribution in [0.2, 0.25) is 0 Å². The summed E-state index contributed by atoms with van der Waals surface area (Å²) >= 11 is 0. The van der Waals surface area contributed by atoms with Gasteiger partial charge in [-0.3, -0.25) is 0 Å². The maximum Gasteiger partial charge on any atom is 0.178 e. The summed E-state index contributed by atoms with van der Waals surface area (Å²) < 4.78 is 1.90. The maximum absolute atomic E-state index is 4.70. The zero-order chi connectivity index (χ0) is 18.4.